The van der Waals surface area contributed by atoms with Crippen LogP contribution in [0.3, 0.4) is 0 Å². The molecule has 0 saturated carbocycles. The van der Waals surface area contributed by atoms with Crippen LogP contribution in [-0.4, -0.2) is 47.7 Å². The molecule has 1 fully saturated rings. The molecule has 1 atom stereocenters. The number of morpholine rings is 1. The summed E-state index contributed by atoms with van der Waals surface area (Å²) in [6, 6.07) is 3.59. The molecule has 1 aliphatic heterocycles. The van der Waals surface area contributed by atoms with Gasteiger partial charge in [-0.3, -0.25) is 4.79 Å². The molecule has 1 saturated heterocycles. The first kappa shape index (κ1) is 13.8. The number of pyridine rings is 1. The van der Waals surface area contributed by atoms with Gasteiger partial charge in [-0.1, -0.05) is 0 Å². The Morgan fingerprint density at radius 3 is 2.89 bits per heavy atom. The molecule has 5 heteroatoms. The van der Waals surface area contributed by atoms with Crippen molar-refractivity contribution in [3.05, 3.63) is 24.0 Å². The van der Waals surface area contributed by atoms with E-state index < -0.39 is 0 Å². The Hall–Kier alpha value is -1.62. The Morgan fingerprint density at radius 1 is 1.53 bits per heavy atom. The number of carbonyl (C=O) groups excluding carboxylic acids is 1. The van der Waals surface area contributed by atoms with Crippen molar-refractivity contribution in [2.45, 2.75) is 32.9 Å². The van der Waals surface area contributed by atoms with Crippen LogP contribution in [0.15, 0.2) is 18.3 Å². The fourth-order valence-electron chi connectivity index (χ4n) is 2.02. The lowest BCUT2D eigenvalue weighted by atomic mass is 10.2. The SMILES string of the molecule is CC(C)Oc1ccc(C(=O)N2CCOC[C@@H]2C)nc1. The fourth-order valence-corrected chi connectivity index (χ4v) is 2.02. The average molecular weight is 264 g/mol. The Balaban J connectivity index is 2.06. The lowest BCUT2D eigenvalue weighted by molar-refractivity contribution is 0.00327. The smallest absolute Gasteiger partial charge is 0.272 e. The Morgan fingerprint density at radius 2 is 2.32 bits per heavy atom. The zero-order valence-corrected chi connectivity index (χ0v) is 11.6. The van der Waals surface area contributed by atoms with Gasteiger partial charge < -0.3 is 14.4 Å². The van der Waals surface area contributed by atoms with E-state index in [2.05, 4.69) is 4.98 Å². The Bertz CT molecular complexity index is 431. The van der Waals surface area contributed by atoms with Crippen molar-refractivity contribution in [3.63, 3.8) is 0 Å². The standard InChI is InChI=1S/C14H20N2O3/c1-10(2)19-12-4-5-13(15-8-12)14(17)16-6-7-18-9-11(16)3/h4-5,8,10-11H,6-7,9H2,1-3H3/t11-/m0/s1. The third-order valence-corrected chi connectivity index (χ3v) is 2.96. The molecule has 0 bridgehead atoms. The van der Waals surface area contributed by atoms with Gasteiger partial charge in [-0.2, -0.15) is 0 Å². The fraction of sp³-hybridized carbons (Fsp3) is 0.571. The van der Waals surface area contributed by atoms with Crippen molar-refractivity contribution in [2.24, 2.45) is 0 Å². The maximum atomic E-state index is 12.3. The summed E-state index contributed by atoms with van der Waals surface area (Å²) in [7, 11) is 0. The van der Waals surface area contributed by atoms with Gasteiger partial charge in [0.25, 0.3) is 5.91 Å². The van der Waals surface area contributed by atoms with Gasteiger partial charge in [-0.05, 0) is 32.9 Å². The number of rotatable bonds is 3. The summed E-state index contributed by atoms with van der Waals surface area (Å²) in [5.41, 5.74) is 0.449. The first-order chi connectivity index (χ1) is 9.08. The first-order valence-electron chi connectivity index (χ1n) is 6.59. The van der Waals surface area contributed by atoms with Gasteiger partial charge in [0.05, 0.1) is 31.6 Å². The molecule has 1 aromatic rings. The Labute approximate surface area is 113 Å². The van der Waals surface area contributed by atoms with Gasteiger partial charge >= 0.3 is 0 Å². The summed E-state index contributed by atoms with van der Waals surface area (Å²) in [6.45, 7) is 7.67. The number of aromatic nitrogens is 1. The monoisotopic (exact) mass is 264 g/mol. The minimum atomic E-state index is -0.0492. The summed E-state index contributed by atoms with van der Waals surface area (Å²) in [5, 5.41) is 0. The van der Waals surface area contributed by atoms with Crippen LogP contribution in [0.2, 0.25) is 0 Å². The molecule has 1 amide bonds. The van der Waals surface area contributed by atoms with Gasteiger partial charge in [0.15, 0.2) is 0 Å². The quantitative estimate of drug-likeness (QED) is 0.834. The summed E-state index contributed by atoms with van der Waals surface area (Å²) >= 11 is 0. The molecule has 0 unspecified atom stereocenters. The lowest BCUT2D eigenvalue weighted by Gasteiger charge is -2.33. The largest absolute Gasteiger partial charge is 0.489 e. The Kier molecular flexibility index (Phi) is 4.37. The second-order valence-electron chi connectivity index (χ2n) is 4.97. The zero-order chi connectivity index (χ0) is 13.8. The molecule has 1 aromatic heterocycles. The molecule has 1 aliphatic rings. The topological polar surface area (TPSA) is 51.7 Å². The average Bonchev–Trinajstić information content (AvgIpc) is 2.39. The maximum Gasteiger partial charge on any atom is 0.272 e. The highest BCUT2D eigenvalue weighted by Crippen LogP contribution is 2.14. The van der Waals surface area contributed by atoms with E-state index in [0.717, 1.165) is 0 Å². The molecule has 2 heterocycles. The van der Waals surface area contributed by atoms with Crippen LogP contribution in [-0.2, 0) is 4.74 Å². The second kappa shape index (κ2) is 6.02. The van der Waals surface area contributed by atoms with Gasteiger partial charge in [-0.25, -0.2) is 4.98 Å². The van der Waals surface area contributed by atoms with E-state index in [-0.39, 0.29) is 18.1 Å². The van der Waals surface area contributed by atoms with E-state index in [1.807, 2.05) is 20.8 Å². The summed E-state index contributed by atoms with van der Waals surface area (Å²) < 4.78 is 10.8. The zero-order valence-electron chi connectivity index (χ0n) is 11.6. The second-order valence-corrected chi connectivity index (χ2v) is 4.97. The van der Waals surface area contributed by atoms with E-state index in [1.165, 1.54) is 0 Å². The molecular weight excluding hydrogens is 244 g/mol. The van der Waals surface area contributed by atoms with Gasteiger partial charge in [0.1, 0.15) is 11.4 Å². The van der Waals surface area contributed by atoms with E-state index in [1.54, 1.807) is 23.2 Å². The molecule has 0 aromatic carbocycles. The van der Waals surface area contributed by atoms with Gasteiger partial charge in [0.2, 0.25) is 0 Å². The maximum absolute atomic E-state index is 12.3. The third kappa shape index (κ3) is 3.44. The number of hydrogen-bond donors (Lipinski definition) is 0. The highest BCUT2D eigenvalue weighted by molar-refractivity contribution is 5.92. The van der Waals surface area contributed by atoms with Crippen molar-refractivity contribution < 1.29 is 14.3 Å². The van der Waals surface area contributed by atoms with Crippen molar-refractivity contribution in [1.82, 2.24) is 9.88 Å². The number of nitrogens with zero attached hydrogens (tertiary/aromatic N) is 2. The van der Waals surface area contributed by atoms with E-state index in [9.17, 15) is 4.79 Å². The van der Waals surface area contributed by atoms with Crippen LogP contribution in [0.4, 0.5) is 0 Å². The predicted molar refractivity (Wildman–Crippen MR) is 71.3 cm³/mol. The van der Waals surface area contributed by atoms with E-state index >= 15 is 0 Å². The van der Waals surface area contributed by atoms with Crippen LogP contribution >= 0.6 is 0 Å². The van der Waals surface area contributed by atoms with E-state index in [4.69, 9.17) is 9.47 Å². The molecule has 0 spiro atoms. The van der Waals surface area contributed by atoms with Crippen molar-refractivity contribution in [3.8, 4) is 5.75 Å². The van der Waals surface area contributed by atoms with Gasteiger partial charge in [-0.15, -0.1) is 0 Å². The molecule has 0 N–H and O–H groups in total. The number of ether oxygens (including phenoxy) is 2. The van der Waals surface area contributed by atoms with Gasteiger partial charge in [0, 0.05) is 6.54 Å². The minimum absolute atomic E-state index is 0.0492. The number of carbonyl (C=O) groups is 1. The lowest BCUT2D eigenvalue weighted by Crippen LogP contribution is -2.47. The first-order valence-corrected chi connectivity index (χ1v) is 6.59. The van der Waals surface area contributed by atoms with Crippen molar-refractivity contribution in [1.29, 1.82) is 0 Å². The summed E-state index contributed by atoms with van der Waals surface area (Å²) in [6.07, 6.45) is 1.70. The van der Waals surface area contributed by atoms with Crippen LogP contribution in [0, 0.1) is 0 Å². The van der Waals surface area contributed by atoms with Crippen LogP contribution in [0.1, 0.15) is 31.3 Å². The number of amides is 1. The summed E-state index contributed by atoms with van der Waals surface area (Å²) in [4.78, 5) is 18.3. The molecule has 19 heavy (non-hydrogen) atoms. The molecule has 5 nitrogen and oxygen atoms in total. The normalized spacial score (nSPS) is 19.6. The molecule has 0 radical (unpaired) electrons. The van der Waals surface area contributed by atoms with Crippen molar-refractivity contribution >= 4 is 5.91 Å². The van der Waals surface area contributed by atoms with Crippen LogP contribution in [0.25, 0.3) is 0 Å². The molecule has 2 rings (SSSR count). The molecule has 104 valence electrons. The van der Waals surface area contributed by atoms with Crippen molar-refractivity contribution in [2.75, 3.05) is 19.8 Å². The summed E-state index contributed by atoms with van der Waals surface area (Å²) in [5.74, 6) is 0.633. The third-order valence-electron chi connectivity index (χ3n) is 2.96. The van der Waals surface area contributed by atoms with E-state index in [0.29, 0.717) is 31.2 Å². The van der Waals surface area contributed by atoms with Crippen LogP contribution < -0.4 is 4.74 Å². The minimum Gasteiger partial charge on any atom is -0.489 e. The molecular formula is C14H20N2O3. The van der Waals surface area contributed by atoms with Crippen LogP contribution in [0.5, 0.6) is 5.75 Å². The highest BCUT2D eigenvalue weighted by atomic mass is 16.5. The molecule has 0 aliphatic carbocycles. The highest BCUT2D eigenvalue weighted by Gasteiger charge is 2.25. The predicted octanol–water partition coefficient (Wildman–Crippen LogP) is 1.73. The number of hydrogen-bond acceptors (Lipinski definition) is 4.